The van der Waals surface area contributed by atoms with Crippen LogP contribution in [0.5, 0.6) is 0 Å². The van der Waals surface area contributed by atoms with E-state index < -0.39 is 5.60 Å². The Morgan fingerprint density at radius 2 is 1.53 bits per heavy atom. The van der Waals surface area contributed by atoms with Crippen molar-refractivity contribution < 1.29 is 5.11 Å². The van der Waals surface area contributed by atoms with E-state index in [1.54, 1.807) is 12.1 Å². The summed E-state index contributed by atoms with van der Waals surface area (Å²) in [7, 11) is 1.83. The number of hydrogen-bond acceptors (Lipinski definition) is 2. The fourth-order valence-electron chi connectivity index (χ4n) is 2.08. The third kappa shape index (κ3) is 3.28. The van der Waals surface area contributed by atoms with Crippen molar-refractivity contribution in [1.82, 2.24) is 5.32 Å². The van der Waals surface area contributed by atoms with Crippen molar-refractivity contribution in [2.24, 2.45) is 0 Å². The van der Waals surface area contributed by atoms with Crippen molar-refractivity contribution in [3.63, 3.8) is 0 Å². The Bertz CT molecular complexity index is 494. The van der Waals surface area contributed by atoms with Gasteiger partial charge in [0, 0.05) is 15.1 Å². The molecule has 2 nitrogen and oxygen atoms in total. The number of benzene rings is 2. The minimum atomic E-state index is -1.05. The van der Waals surface area contributed by atoms with Crippen LogP contribution >= 0.6 is 34.2 Å². The highest BCUT2D eigenvalue weighted by molar-refractivity contribution is 14.1. The van der Waals surface area contributed by atoms with Gasteiger partial charge in [-0.3, -0.25) is 0 Å². The maximum atomic E-state index is 11.0. The molecule has 0 aliphatic rings. The molecule has 0 radical (unpaired) electrons. The van der Waals surface area contributed by atoms with E-state index >= 15 is 0 Å². The molecule has 2 rings (SSSR count). The molecule has 0 heterocycles. The van der Waals surface area contributed by atoms with Gasteiger partial charge in [0.2, 0.25) is 0 Å². The normalized spacial score (nSPS) is 14.1. The Morgan fingerprint density at radius 3 is 2.00 bits per heavy atom. The predicted octanol–water partition coefficient (Wildman–Crippen LogP) is 3.40. The van der Waals surface area contributed by atoms with Crippen LogP contribution < -0.4 is 5.32 Å². The number of nitrogens with one attached hydrogen (secondary N) is 1. The lowest BCUT2D eigenvalue weighted by Crippen LogP contribution is -2.37. The highest BCUT2D eigenvalue weighted by Gasteiger charge is 2.30. The second kappa shape index (κ2) is 6.22. The van der Waals surface area contributed by atoms with E-state index in [2.05, 4.69) is 27.9 Å². The molecule has 4 heteroatoms. The average molecular weight is 388 g/mol. The molecule has 0 amide bonds. The third-order valence-corrected chi connectivity index (χ3v) is 4.05. The zero-order chi connectivity index (χ0) is 13.9. The zero-order valence-corrected chi connectivity index (χ0v) is 13.4. The monoisotopic (exact) mass is 387 g/mol. The van der Waals surface area contributed by atoms with Gasteiger partial charge < -0.3 is 10.4 Å². The molecule has 0 saturated heterocycles. The van der Waals surface area contributed by atoms with Crippen LogP contribution in [0.3, 0.4) is 0 Å². The number of likely N-dealkylation sites (N-methyl/N-ethyl adjacent to an activating group) is 1. The van der Waals surface area contributed by atoms with Crippen LogP contribution in [0, 0.1) is 3.57 Å². The van der Waals surface area contributed by atoms with E-state index in [1.165, 1.54) is 0 Å². The fourth-order valence-corrected chi connectivity index (χ4v) is 2.56. The van der Waals surface area contributed by atoms with Crippen molar-refractivity contribution in [1.29, 1.82) is 0 Å². The third-order valence-electron chi connectivity index (χ3n) is 3.08. The van der Waals surface area contributed by atoms with E-state index in [4.69, 9.17) is 11.6 Å². The Labute approximate surface area is 131 Å². The first kappa shape index (κ1) is 14.8. The lowest BCUT2D eigenvalue weighted by atomic mass is 9.86. The molecule has 2 N–H and O–H groups in total. The molecule has 0 spiro atoms. The summed E-state index contributed by atoms with van der Waals surface area (Å²) in [5, 5.41) is 14.7. The van der Waals surface area contributed by atoms with Crippen molar-refractivity contribution in [3.05, 3.63) is 68.3 Å². The maximum absolute atomic E-state index is 11.0. The largest absolute Gasteiger partial charge is 0.379 e. The van der Waals surface area contributed by atoms with Crippen molar-refractivity contribution >= 4 is 34.2 Å². The van der Waals surface area contributed by atoms with Gasteiger partial charge in [-0.25, -0.2) is 0 Å². The molecule has 2 aromatic rings. The standard InChI is InChI=1S/C15H15ClINO/c1-18-10-15(19,11-2-6-13(16)7-3-11)12-4-8-14(17)9-5-12/h2-9,18-19H,10H2,1H3. The van der Waals surface area contributed by atoms with Gasteiger partial charge in [0.1, 0.15) is 5.60 Å². The Balaban J connectivity index is 2.47. The second-order valence-corrected chi connectivity index (χ2v) is 6.09. The molecule has 1 atom stereocenters. The molecule has 19 heavy (non-hydrogen) atoms. The predicted molar refractivity (Wildman–Crippen MR) is 87.5 cm³/mol. The van der Waals surface area contributed by atoms with Crippen LogP contribution in [0.25, 0.3) is 0 Å². The van der Waals surface area contributed by atoms with E-state index in [0.29, 0.717) is 11.6 Å². The summed E-state index contributed by atoms with van der Waals surface area (Å²) in [5.74, 6) is 0. The molecular weight excluding hydrogens is 373 g/mol. The smallest absolute Gasteiger partial charge is 0.127 e. The molecule has 0 aliphatic heterocycles. The van der Waals surface area contributed by atoms with Crippen LogP contribution in [0.4, 0.5) is 0 Å². The Hall–Kier alpha value is -0.620. The maximum Gasteiger partial charge on any atom is 0.127 e. The molecule has 0 bridgehead atoms. The zero-order valence-electron chi connectivity index (χ0n) is 10.5. The Kier molecular flexibility index (Phi) is 4.84. The number of hydrogen-bond donors (Lipinski definition) is 2. The number of halogens is 2. The molecule has 0 fully saturated rings. The van der Waals surface area contributed by atoms with Gasteiger partial charge in [0.25, 0.3) is 0 Å². The highest BCUT2D eigenvalue weighted by Crippen LogP contribution is 2.30. The fraction of sp³-hybridized carbons (Fsp3) is 0.200. The summed E-state index contributed by atoms with van der Waals surface area (Å²) in [5.41, 5.74) is 0.640. The van der Waals surface area contributed by atoms with Gasteiger partial charge in [0.15, 0.2) is 0 Å². The SMILES string of the molecule is CNCC(O)(c1ccc(Cl)cc1)c1ccc(I)cc1. The summed E-state index contributed by atoms with van der Waals surface area (Å²) in [6.45, 7) is 0.440. The van der Waals surface area contributed by atoms with Crippen LogP contribution in [0.2, 0.25) is 5.02 Å². The van der Waals surface area contributed by atoms with Gasteiger partial charge >= 0.3 is 0 Å². The first-order valence-electron chi connectivity index (χ1n) is 5.95. The quantitative estimate of drug-likeness (QED) is 0.788. The molecule has 2 aromatic carbocycles. The van der Waals surface area contributed by atoms with E-state index in [-0.39, 0.29) is 0 Å². The number of aliphatic hydroxyl groups is 1. The summed E-state index contributed by atoms with van der Waals surface area (Å²) in [6.07, 6.45) is 0. The van der Waals surface area contributed by atoms with E-state index in [9.17, 15) is 5.11 Å². The topological polar surface area (TPSA) is 32.3 Å². The van der Waals surface area contributed by atoms with Crippen molar-refractivity contribution in [2.45, 2.75) is 5.60 Å². The first-order chi connectivity index (χ1) is 9.06. The second-order valence-electron chi connectivity index (χ2n) is 4.40. The summed E-state index contributed by atoms with van der Waals surface area (Å²) in [6, 6.07) is 15.2. The van der Waals surface area contributed by atoms with Crippen molar-refractivity contribution in [3.8, 4) is 0 Å². The van der Waals surface area contributed by atoms with Gasteiger partial charge in [-0.2, -0.15) is 0 Å². The summed E-state index contributed by atoms with van der Waals surface area (Å²) >= 11 is 8.16. The molecule has 100 valence electrons. The Morgan fingerprint density at radius 1 is 1.05 bits per heavy atom. The van der Waals surface area contributed by atoms with Gasteiger partial charge in [-0.1, -0.05) is 35.9 Å². The molecular formula is C15H15ClINO. The highest BCUT2D eigenvalue weighted by atomic mass is 127. The van der Waals surface area contributed by atoms with E-state index in [1.807, 2.05) is 43.4 Å². The van der Waals surface area contributed by atoms with Crippen molar-refractivity contribution in [2.75, 3.05) is 13.6 Å². The molecule has 0 saturated carbocycles. The van der Waals surface area contributed by atoms with Gasteiger partial charge in [-0.15, -0.1) is 0 Å². The van der Waals surface area contributed by atoms with Crippen LogP contribution in [0.15, 0.2) is 48.5 Å². The summed E-state index contributed by atoms with van der Waals surface area (Å²) < 4.78 is 1.14. The number of rotatable bonds is 4. The van der Waals surface area contributed by atoms with Gasteiger partial charge in [0.05, 0.1) is 0 Å². The lowest BCUT2D eigenvalue weighted by Gasteiger charge is -2.29. The van der Waals surface area contributed by atoms with E-state index in [0.717, 1.165) is 14.7 Å². The van der Waals surface area contributed by atoms with Crippen LogP contribution in [-0.4, -0.2) is 18.7 Å². The minimum Gasteiger partial charge on any atom is -0.379 e. The van der Waals surface area contributed by atoms with Crippen LogP contribution in [-0.2, 0) is 5.60 Å². The molecule has 0 aromatic heterocycles. The molecule has 0 aliphatic carbocycles. The van der Waals surface area contributed by atoms with Crippen LogP contribution in [0.1, 0.15) is 11.1 Å². The summed E-state index contributed by atoms with van der Waals surface area (Å²) in [4.78, 5) is 0. The molecule has 1 unspecified atom stereocenters. The minimum absolute atomic E-state index is 0.440. The van der Waals surface area contributed by atoms with Gasteiger partial charge in [-0.05, 0) is 65.0 Å². The lowest BCUT2D eigenvalue weighted by molar-refractivity contribution is 0.0823. The average Bonchev–Trinajstić information content (AvgIpc) is 2.40. The first-order valence-corrected chi connectivity index (χ1v) is 7.41.